The Kier molecular flexibility index (Phi) is 4.77. The molecule has 0 amide bonds. The number of hydrogen-bond acceptors (Lipinski definition) is 3. The van der Waals surface area contributed by atoms with Crippen molar-refractivity contribution in [2.45, 2.75) is 5.44 Å². The molecule has 0 saturated carbocycles. The standard InChI is InChI=1S/C11H12O3S/c1-2-8-15-10(14-11(12)13)9-6-4-3-5-7-9/h2-7,10H,1,8H2,(H,12,13). The van der Waals surface area contributed by atoms with Crippen molar-refractivity contribution < 1.29 is 14.6 Å². The van der Waals surface area contributed by atoms with Gasteiger partial charge in [-0.1, -0.05) is 36.4 Å². The summed E-state index contributed by atoms with van der Waals surface area (Å²) in [7, 11) is 0. The Morgan fingerprint density at radius 1 is 1.53 bits per heavy atom. The molecule has 0 heterocycles. The fourth-order valence-electron chi connectivity index (χ4n) is 1.06. The number of carbonyl (C=O) groups is 1. The van der Waals surface area contributed by atoms with Gasteiger partial charge in [0.25, 0.3) is 0 Å². The number of rotatable bonds is 5. The van der Waals surface area contributed by atoms with Crippen LogP contribution in [0.3, 0.4) is 0 Å². The summed E-state index contributed by atoms with van der Waals surface area (Å²) >= 11 is 1.38. The van der Waals surface area contributed by atoms with Crippen LogP contribution in [0.15, 0.2) is 43.0 Å². The highest BCUT2D eigenvalue weighted by Crippen LogP contribution is 2.29. The van der Waals surface area contributed by atoms with Crippen LogP contribution in [0.25, 0.3) is 0 Å². The smallest absolute Gasteiger partial charge is 0.450 e. The van der Waals surface area contributed by atoms with Crippen molar-refractivity contribution in [3.05, 3.63) is 48.6 Å². The first-order valence-corrected chi connectivity index (χ1v) is 5.46. The summed E-state index contributed by atoms with van der Waals surface area (Å²) < 4.78 is 4.77. The van der Waals surface area contributed by atoms with E-state index >= 15 is 0 Å². The fraction of sp³-hybridized carbons (Fsp3) is 0.182. The lowest BCUT2D eigenvalue weighted by Gasteiger charge is -2.14. The molecule has 80 valence electrons. The molecule has 0 spiro atoms. The van der Waals surface area contributed by atoms with Crippen LogP contribution >= 0.6 is 11.8 Å². The van der Waals surface area contributed by atoms with E-state index in [0.29, 0.717) is 5.75 Å². The average molecular weight is 224 g/mol. The van der Waals surface area contributed by atoms with Gasteiger partial charge in [-0.05, 0) is 0 Å². The maximum Gasteiger partial charge on any atom is 0.507 e. The van der Waals surface area contributed by atoms with Crippen LogP contribution in [0, 0.1) is 0 Å². The van der Waals surface area contributed by atoms with E-state index in [1.54, 1.807) is 6.08 Å². The van der Waals surface area contributed by atoms with Gasteiger partial charge in [-0.25, -0.2) is 4.79 Å². The van der Waals surface area contributed by atoms with Gasteiger partial charge < -0.3 is 9.84 Å². The van der Waals surface area contributed by atoms with Crippen molar-refractivity contribution in [1.82, 2.24) is 0 Å². The van der Waals surface area contributed by atoms with E-state index in [2.05, 4.69) is 6.58 Å². The summed E-state index contributed by atoms with van der Waals surface area (Å²) in [4.78, 5) is 10.5. The normalized spacial score (nSPS) is 11.7. The summed E-state index contributed by atoms with van der Waals surface area (Å²) in [6.07, 6.45) is 0.451. The molecule has 1 rings (SSSR count). The number of hydrogen-bond donors (Lipinski definition) is 1. The SMILES string of the molecule is C=CCSC(OC(=O)O)c1ccccc1. The molecular weight excluding hydrogens is 212 g/mol. The van der Waals surface area contributed by atoms with E-state index in [1.165, 1.54) is 11.8 Å². The van der Waals surface area contributed by atoms with E-state index in [4.69, 9.17) is 9.84 Å². The second-order valence-electron chi connectivity index (χ2n) is 2.75. The van der Waals surface area contributed by atoms with Crippen LogP contribution in [-0.4, -0.2) is 17.0 Å². The highest BCUT2D eigenvalue weighted by molar-refractivity contribution is 7.99. The average Bonchev–Trinajstić information content (AvgIpc) is 2.25. The topological polar surface area (TPSA) is 46.5 Å². The maximum absolute atomic E-state index is 10.5. The number of thioether (sulfide) groups is 1. The monoisotopic (exact) mass is 224 g/mol. The van der Waals surface area contributed by atoms with Crippen molar-refractivity contribution in [3.8, 4) is 0 Å². The van der Waals surface area contributed by atoms with Crippen LogP contribution < -0.4 is 0 Å². The Hall–Kier alpha value is -1.42. The molecule has 0 bridgehead atoms. The molecule has 3 nitrogen and oxygen atoms in total. The molecule has 1 aromatic carbocycles. The zero-order chi connectivity index (χ0) is 11.1. The molecule has 0 aliphatic carbocycles. The van der Waals surface area contributed by atoms with E-state index in [1.807, 2.05) is 30.3 Å². The Morgan fingerprint density at radius 3 is 2.73 bits per heavy atom. The number of ether oxygens (including phenoxy) is 1. The minimum absolute atomic E-state index is 0.485. The number of benzene rings is 1. The summed E-state index contributed by atoms with van der Waals surface area (Å²) in [6, 6.07) is 9.25. The third kappa shape index (κ3) is 4.08. The molecule has 0 aromatic heterocycles. The van der Waals surface area contributed by atoms with E-state index in [-0.39, 0.29) is 0 Å². The molecule has 1 unspecified atom stereocenters. The second kappa shape index (κ2) is 6.14. The largest absolute Gasteiger partial charge is 0.507 e. The van der Waals surface area contributed by atoms with Crippen molar-refractivity contribution in [1.29, 1.82) is 0 Å². The van der Waals surface area contributed by atoms with Crippen LogP contribution in [0.1, 0.15) is 11.0 Å². The molecule has 0 aliphatic rings. The van der Waals surface area contributed by atoms with Crippen LogP contribution in [-0.2, 0) is 4.74 Å². The van der Waals surface area contributed by atoms with Crippen molar-refractivity contribution in [2.75, 3.05) is 5.75 Å². The van der Waals surface area contributed by atoms with E-state index < -0.39 is 11.6 Å². The maximum atomic E-state index is 10.5. The molecule has 1 N–H and O–H groups in total. The first-order valence-electron chi connectivity index (χ1n) is 4.41. The molecule has 1 atom stereocenters. The quantitative estimate of drug-likeness (QED) is 0.473. The van der Waals surface area contributed by atoms with Gasteiger partial charge in [0.1, 0.15) is 0 Å². The minimum Gasteiger partial charge on any atom is -0.450 e. The molecule has 0 aliphatic heterocycles. The van der Waals surface area contributed by atoms with E-state index in [9.17, 15) is 4.79 Å². The minimum atomic E-state index is -1.26. The molecular formula is C11H12O3S. The van der Waals surface area contributed by atoms with Crippen LogP contribution in [0.5, 0.6) is 0 Å². The second-order valence-corrected chi connectivity index (χ2v) is 3.84. The van der Waals surface area contributed by atoms with Crippen molar-refractivity contribution in [2.24, 2.45) is 0 Å². The molecule has 0 fully saturated rings. The van der Waals surface area contributed by atoms with Crippen molar-refractivity contribution >= 4 is 17.9 Å². The number of carboxylic acid groups (broad SMARTS) is 1. The van der Waals surface area contributed by atoms with E-state index in [0.717, 1.165) is 5.56 Å². The summed E-state index contributed by atoms with van der Waals surface area (Å²) in [5, 5.41) is 8.58. The van der Waals surface area contributed by atoms with Crippen LogP contribution in [0.2, 0.25) is 0 Å². The fourth-order valence-corrected chi connectivity index (χ4v) is 1.87. The lowest BCUT2D eigenvalue weighted by Crippen LogP contribution is -2.06. The van der Waals surface area contributed by atoms with Gasteiger partial charge in [-0.2, -0.15) is 0 Å². The van der Waals surface area contributed by atoms with Crippen LogP contribution in [0.4, 0.5) is 4.79 Å². The van der Waals surface area contributed by atoms with Gasteiger partial charge in [0.15, 0.2) is 5.44 Å². The molecule has 1 aromatic rings. The van der Waals surface area contributed by atoms with Crippen molar-refractivity contribution in [3.63, 3.8) is 0 Å². The Balaban J connectivity index is 2.71. The van der Waals surface area contributed by atoms with Gasteiger partial charge in [0, 0.05) is 11.3 Å². The predicted molar refractivity (Wildman–Crippen MR) is 60.9 cm³/mol. The first-order chi connectivity index (χ1) is 7.24. The molecule has 4 heteroatoms. The third-order valence-electron chi connectivity index (χ3n) is 1.65. The highest BCUT2D eigenvalue weighted by atomic mass is 32.2. The van der Waals surface area contributed by atoms with Gasteiger partial charge >= 0.3 is 6.16 Å². The van der Waals surface area contributed by atoms with Gasteiger partial charge in [-0.15, -0.1) is 18.3 Å². The Morgan fingerprint density at radius 2 is 2.20 bits per heavy atom. The lowest BCUT2D eigenvalue weighted by atomic mass is 10.2. The van der Waals surface area contributed by atoms with Gasteiger partial charge in [0.05, 0.1) is 0 Å². The zero-order valence-corrected chi connectivity index (χ0v) is 8.94. The molecule has 0 radical (unpaired) electrons. The molecule has 0 saturated heterocycles. The lowest BCUT2D eigenvalue weighted by molar-refractivity contribution is 0.0821. The zero-order valence-electron chi connectivity index (χ0n) is 8.13. The first kappa shape index (κ1) is 11.7. The van der Waals surface area contributed by atoms with Gasteiger partial charge in [0.2, 0.25) is 0 Å². The third-order valence-corrected chi connectivity index (χ3v) is 2.74. The Labute approximate surface area is 92.8 Å². The van der Waals surface area contributed by atoms with Gasteiger partial charge in [-0.3, -0.25) is 0 Å². The summed E-state index contributed by atoms with van der Waals surface area (Å²) in [5.74, 6) is 0.646. The summed E-state index contributed by atoms with van der Waals surface area (Å²) in [6.45, 7) is 3.58. The summed E-state index contributed by atoms with van der Waals surface area (Å²) in [5.41, 5.74) is 0.355. The predicted octanol–water partition coefficient (Wildman–Crippen LogP) is 3.30. The highest BCUT2D eigenvalue weighted by Gasteiger charge is 2.15. The molecule has 15 heavy (non-hydrogen) atoms. The Bertz CT molecular complexity index is 324.